The van der Waals surface area contributed by atoms with Gasteiger partial charge in [0.05, 0.1) is 29.2 Å². The van der Waals surface area contributed by atoms with Gasteiger partial charge in [0.25, 0.3) is 0 Å². The van der Waals surface area contributed by atoms with Gasteiger partial charge in [-0.1, -0.05) is 12.1 Å². The number of ether oxygens (including phenoxy) is 1. The average Bonchev–Trinajstić information content (AvgIpc) is 2.31. The van der Waals surface area contributed by atoms with Crippen molar-refractivity contribution in [2.24, 2.45) is 5.41 Å². The molecule has 1 aromatic carbocycles. The summed E-state index contributed by atoms with van der Waals surface area (Å²) in [4.78, 5) is 0. The summed E-state index contributed by atoms with van der Waals surface area (Å²) in [7, 11) is 0. The van der Waals surface area contributed by atoms with Crippen molar-refractivity contribution in [3.05, 3.63) is 28.2 Å². The summed E-state index contributed by atoms with van der Waals surface area (Å²) >= 11 is 3.38. The van der Waals surface area contributed by atoms with Crippen LogP contribution in [0.4, 0.5) is 0 Å². The molecule has 1 aromatic rings. The van der Waals surface area contributed by atoms with Gasteiger partial charge in [-0.3, -0.25) is 0 Å². The second-order valence-electron chi connectivity index (χ2n) is 4.48. The van der Waals surface area contributed by atoms with Crippen molar-refractivity contribution in [3.8, 4) is 11.8 Å². The zero-order valence-electron chi connectivity index (χ0n) is 10.0. The lowest BCUT2D eigenvalue weighted by atomic mass is 9.92. The van der Waals surface area contributed by atoms with Crippen molar-refractivity contribution >= 4 is 15.9 Å². The van der Waals surface area contributed by atoms with Gasteiger partial charge in [-0.2, -0.15) is 5.26 Å². The van der Waals surface area contributed by atoms with Crippen LogP contribution in [0.2, 0.25) is 0 Å². The number of hydrogen-bond donors (Lipinski definition) is 1. The molecule has 0 aliphatic carbocycles. The minimum Gasteiger partial charge on any atom is -0.492 e. The molecule has 0 aliphatic rings. The van der Waals surface area contributed by atoms with Crippen LogP contribution >= 0.6 is 15.9 Å². The van der Waals surface area contributed by atoms with Crippen LogP contribution in [-0.2, 0) is 6.61 Å². The first kappa shape index (κ1) is 14.0. The van der Waals surface area contributed by atoms with Crippen LogP contribution in [0.5, 0.6) is 5.75 Å². The Morgan fingerprint density at radius 3 is 2.76 bits per heavy atom. The number of nitrogens with zero attached hydrogens (tertiary/aromatic N) is 1. The molecule has 0 saturated carbocycles. The summed E-state index contributed by atoms with van der Waals surface area (Å²) in [6, 6.07) is 7.76. The van der Waals surface area contributed by atoms with E-state index in [0.29, 0.717) is 18.8 Å². The lowest BCUT2D eigenvalue weighted by Gasteiger charge is -2.17. The molecule has 0 saturated heterocycles. The van der Waals surface area contributed by atoms with Crippen molar-refractivity contribution < 1.29 is 9.84 Å². The average molecular weight is 298 g/mol. The highest BCUT2D eigenvalue weighted by atomic mass is 79.9. The third-order valence-corrected chi connectivity index (χ3v) is 3.12. The molecule has 1 N–H and O–H groups in total. The standard InChI is InChI=1S/C13H16BrNO2/c1-13(2,9-15)6-7-17-12-10(8-16)4-3-5-11(12)14/h3-5,16H,6-8H2,1-2H3. The summed E-state index contributed by atoms with van der Waals surface area (Å²) in [5.41, 5.74) is 0.356. The maximum absolute atomic E-state index is 9.20. The summed E-state index contributed by atoms with van der Waals surface area (Å²) in [6.07, 6.45) is 0.649. The maximum Gasteiger partial charge on any atom is 0.138 e. The molecule has 0 spiro atoms. The number of hydrogen-bond acceptors (Lipinski definition) is 3. The summed E-state index contributed by atoms with van der Waals surface area (Å²) in [5, 5.41) is 18.1. The van der Waals surface area contributed by atoms with Gasteiger partial charge in [-0.25, -0.2) is 0 Å². The molecule has 1 rings (SSSR count). The first-order chi connectivity index (χ1) is 8.00. The van der Waals surface area contributed by atoms with Crippen LogP contribution in [0.25, 0.3) is 0 Å². The normalized spacial score (nSPS) is 11.0. The molecule has 0 fully saturated rings. The molecular formula is C13H16BrNO2. The van der Waals surface area contributed by atoms with Crippen molar-refractivity contribution in [3.63, 3.8) is 0 Å². The van der Waals surface area contributed by atoms with Crippen LogP contribution in [0.3, 0.4) is 0 Å². The van der Waals surface area contributed by atoms with E-state index in [1.54, 1.807) is 0 Å². The third-order valence-electron chi connectivity index (χ3n) is 2.49. The van der Waals surface area contributed by atoms with Crippen molar-refractivity contribution in [1.29, 1.82) is 5.26 Å². The highest BCUT2D eigenvalue weighted by molar-refractivity contribution is 9.10. The van der Waals surface area contributed by atoms with E-state index in [9.17, 15) is 5.11 Å². The van der Waals surface area contributed by atoms with Crippen LogP contribution in [0, 0.1) is 16.7 Å². The Labute approximate surface area is 110 Å². The highest BCUT2D eigenvalue weighted by Crippen LogP contribution is 2.30. The van der Waals surface area contributed by atoms with E-state index in [-0.39, 0.29) is 12.0 Å². The fraction of sp³-hybridized carbons (Fsp3) is 0.462. The molecule has 17 heavy (non-hydrogen) atoms. The highest BCUT2D eigenvalue weighted by Gasteiger charge is 2.17. The molecule has 0 amide bonds. The van der Waals surface area contributed by atoms with Gasteiger partial charge in [0.2, 0.25) is 0 Å². The Balaban J connectivity index is 2.67. The summed E-state index contributed by atoms with van der Waals surface area (Å²) in [6.45, 7) is 4.15. The maximum atomic E-state index is 9.20. The van der Waals surface area contributed by atoms with Gasteiger partial charge in [0.15, 0.2) is 0 Å². The number of rotatable bonds is 5. The molecule has 3 nitrogen and oxygen atoms in total. The minimum atomic E-state index is -0.388. The molecule has 0 radical (unpaired) electrons. The smallest absolute Gasteiger partial charge is 0.138 e. The Hall–Kier alpha value is -1.05. The molecule has 0 aliphatic heterocycles. The quantitative estimate of drug-likeness (QED) is 0.907. The van der Waals surface area contributed by atoms with Gasteiger partial charge < -0.3 is 9.84 Å². The van der Waals surface area contributed by atoms with Crippen LogP contribution in [-0.4, -0.2) is 11.7 Å². The van der Waals surface area contributed by atoms with Gasteiger partial charge in [0.1, 0.15) is 5.75 Å². The second-order valence-corrected chi connectivity index (χ2v) is 5.33. The zero-order chi connectivity index (χ0) is 12.9. The lowest BCUT2D eigenvalue weighted by Crippen LogP contribution is -2.13. The Bertz CT molecular complexity index is 424. The zero-order valence-corrected chi connectivity index (χ0v) is 11.6. The van der Waals surface area contributed by atoms with E-state index >= 15 is 0 Å². The van der Waals surface area contributed by atoms with Crippen molar-refractivity contribution in [2.45, 2.75) is 26.9 Å². The minimum absolute atomic E-state index is 0.0591. The van der Waals surface area contributed by atoms with Gasteiger partial charge in [-0.05, 0) is 42.3 Å². The molecule has 0 unspecified atom stereocenters. The Morgan fingerprint density at radius 2 is 2.18 bits per heavy atom. The van der Waals surface area contributed by atoms with Crippen LogP contribution in [0.15, 0.2) is 22.7 Å². The molecule has 0 atom stereocenters. The first-order valence-corrected chi connectivity index (χ1v) is 6.22. The predicted octanol–water partition coefficient (Wildman–Crippen LogP) is 3.26. The fourth-order valence-electron chi connectivity index (χ4n) is 1.30. The number of nitriles is 1. The number of aliphatic hydroxyl groups excluding tert-OH is 1. The predicted molar refractivity (Wildman–Crippen MR) is 69.6 cm³/mol. The second kappa shape index (κ2) is 6.04. The monoisotopic (exact) mass is 297 g/mol. The molecular weight excluding hydrogens is 282 g/mol. The number of benzene rings is 1. The van der Waals surface area contributed by atoms with E-state index in [0.717, 1.165) is 10.0 Å². The van der Waals surface area contributed by atoms with E-state index in [2.05, 4.69) is 22.0 Å². The first-order valence-electron chi connectivity index (χ1n) is 5.42. The largest absolute Gasteiger partial charge is 0.492 e. The third kappa shape index (κ3) is 4.03. The fourth-order valence-corrected chi connectivity index (χ4v) is 1.83. The molecule has 0 aromatic heterocycles. The molecule has 92 valence electrons. The van der Waals surface area contributed by atoms with Crippen LogP contribution < -0.4 is 4.74 Å². The lowest BCUT2D eigenvalue weighted by molar-refractivity contribution is 0.243. The topological polar surface area (TPSA) is 53.2 Å². The van der Waals surface area contributed by atoms with E-state index in [1.807, 2.05) is 32.0 Å². The Kier molecular flexibility index (Phi) is 4.98. The molecule has 0 heterocycles. The summed E-state index contributed by atoms with van der Waals surface area (Å²) in [5.74, 6) is 0.656. The van der Waals surface area contributed by atoms with Crippen molar-refractivity contribution in [1.82, 2.24) is 0 Å². The molecule has 0 bridgehead atoms. The number of halogens is 1. The summed E-state index contributed by atoms with van der Waals surface area (Å²) < 4.78 is 6.46. The van der Waals surface area contributed by atoms with Gasteiger partial charge in [0, 0.05) is 5.56 Å². The Morgan fingerprint density at radius 1 is 1.47 bits per heavy atom. The number of aliphatic hydroxyl groups is 1. The van der Waals surface area contributed by atoms with Crippen LogP contribution in [0.1, 0.15) is 25.8 Å². The van der Waals surface area contributed by atoms with E-state index in [1.165, 1.54) is 0 Å². The van der Waals surface area contributed by atoms with Gasteiger partial charge in [-0.15, -0.1) is 0 Å². The van der Waals surface area contributed by atoms with E-state index < -0.39 is 0 Å². The molecule has 4 heteroatoms. The van der Waals surface area contributed by atoms with Gasteiger partial charge >= 0.3 is 0 Å². The number of para-hydroxylation sites is 1. The van der Waals surface area contributed by atoms with Crippen molar-refractivity contribution in [2.75, 3.05) is 6.61 Å². The SMILES string of the molecule is CC(C)(C#N)CCOc1c(Br)cccc1CO. The van der Waals surface area contributed by atoms with E-state index in [4.69, 9.17) is 10.00 Å².